The van der Waals surface area contributed by atoms with Crippen molar-refractivity contribution in [3.63, 3.8) is 0 Å². The third-order valence-electron chi connectivity index (χ3n) is 3.99. The molecule has 8 heteroatoms. The number of hydrogen-bond donors (Lipinski definition) is 1. The summed E-state index contributed by atoms with van der Waals surface area (Å²) in [6.45, 7) is 0. The maximum atomic E-state index is 4.70. The molecule has 3 aromatic rings. The first kappa shape index (κ1) is 14.3. The van der Waals surface area contributed by atoms with Gasteiger partial charge in [-0.2, -0.15) is 5.10 Å². The molecule has 0 spiro atoms. The van der Waals surface area contributed by atoms with Crippen molar-refractivity contribution in [1.82, 2.24) is 19.6 Å². The van der Waals surface area contributed by atoms with Gasteiger partial charge in [-0.15, -0.1) is 0 Å². The van der Waals surface area contributed by atoms with E-state index in [2.05, 4.69) is 20.4 Å². The average Bonchev–Trinajstić information content (AvgIpc) is 3.37. The Balaban J connectivity index is 1.67. The van der Waals surface area contributed by atoms with Crippen molar-refractivity contribution in [2.24, 2.45) is 5.10 Å². The smallest absolute Gasteiger partial charge is 0.196 e. The zero-order valence-electron chi connectivity index (χ0n) is 12.9. The number of rotatable bonds is 3. The normalized spacial score (nSPS) is 15.9. The molecule has 24 heavy (non-hydrogen) atoms. The SMILES string of the molecule is CSc1nc(NC2CC2)c2c(n1)Sc1nc3ccccc3n1N=C2. The first-order chi connectivity index (χ1) is 11.8. The van der Waals surface area contributed by atoms with Crippen LogP contribution in [0.2, 0.25) is 0 Å². The summed E-state index contributed by atoms with van der Waals surface area (Å²) < 4.78 is 1.88. The van der Waals surface area contributed by atoms with Crippen LogP contribution >= 0.6 is 23.5 Å². The Morgan fingerprint density at radius 1 is 1.21 bits per heavy atom. The van der Waals surface area contributed by atoms with Gasteiger partial charge in [0.1, 0.15) is 10.8 Å². The van der Waals surface area contributed by atoms with Crippen LogP contribution in [0.1, 0.15) is 18.4 Å². The fraction of sp³-hybridized carbons (Fsp3) is 0.250. The van der Waals surface area contributed by atoms with Gasteiger partial charge >= 0.3 is 0 Å². The second kappa shape index (κ2) is 5.49. The minimum atomic E-state index is 0.526. The summed E-state index contributed by atoms with van der Waals surface area (Å²) in [6, 6.07) is 8.55. The summed E-state index contributed by atoms with van der Waals surface area (Å²) in [6.07, 6.45) is 6.24. The molecular formula is C16H14N6S2. The molecule has 1 aliphatic heterocycles. The van der Waals surface area contributed by atoms with Crippen LogP contribution in [0, 0.1) is 0 Å². The minimum absolute atomic E-state index is 0.526. The molecule has 120 valence electrons. The Bertz CT molecular complexity index is 976. The molecule has 0 radical (unpaired) electrons. The van der Waals surface area contributed by atoms with E-state index in [0.29, 0.717) is 6.04 Å². The Kier molecular flexibility index (Phi) is 3.27. The molecule has 0 atom stereocenters. The highest BCUT2D eigenvalue weighted by atomic mass is 32.2. The number of para-hydroxylation sites is 2. The number of hydrogen-bond acceptors (Lipinski definition) is 7. The van der Waals surface area contributed by atoms with Crippen molar-refractivity contribution >= 4 is 46.6 Å². The molecule has 6 nitrogen and oxygen atoms in total. The molecule has 2 aliphatic rings. The fourth-order valence-electron chi connectivity index (χ4n) is 2.62. The molecule has 0 amide bonds. The number of thioether (sulfide) groups is 1. The molecule has 1 saturated carbocycles. The van der Waals surface area contributed by atoms with E-state index in [-0.39, 0.29) is 0 Å². The van der Waals surface area contributed by atoms with E-state index in [1.807, 2.05) is 41.4 Å². The number of nitrogens with one attached hydrogen (secondary N) is 1. The Labute approximate surface area is 147 Å². The summed E-state index contributed by atoms with van der Waals surface area (Å²) in [5.41, 5.74) is 2.88. The third kappa shape index (κ3) is 2.37. The van der Waals surface area contributed by atoms with Gasteiger partial charge < -0.3 is 5.32 Å². The topological polar surface area (TPSA) is 68.0 Å². The van der Waals surface area contributed by atoms with Gasteiger partial charge in [-0.05, 0) is 43.0 Å². The summed E-state index contributed by atoms with van der Waals surface area (Å²) in [7, 11) is 0. The first-order valence-corrected chi connectivity index (χ1v) is 9.78. The zero-order valence-corrected chi connectivity index (χ0v) is 14.6. The number of anilines is 1. The maximum Gasteiger partial charge on any atom is 0.196 e. The Morgan fingerprint density at radius 2 is 2.08 bits per heavy atom. The molecule has 0 unspecified atom stereocenters. The van der Waals surface area contributed by atoms with Crippen molar-refractivity contribution in [2.45, 2.75) is 34.2 Å². The predicted molar refractivity (Wildman–Crippen MR) is 97.3 cm³/mol. The van der Waals surface area contributed by atoms with Crippen molar-refractivity contribution in [3.8, 4) is 0 Å². The van der Waals surface area contributed by atoms with Gasteiger partial charge in [0.05, 0.1) is 22.8 Å². The molecule has 3 heterocycles. The van der Waals surface area contributed by atoms with E-state index in [1.54, 1.807) is 23.5 Å². The van der Waals surface area contributed by atoms with Crippen LogP contribution in [0.3, 0.4) is 0 Å². The third-order valence-corrected chi connectivity index (χ3v) is 5.49. The second-order valence-electron chi connectivity index (χ2n) is 5.74. The lowest BCUT2D eigenvalue weighted by molar-refractivity contribution is 0.794. The fourth-order valence-corrected chi connectivity index (χ4v) is 3.98. The molecule has 1 aromatic carbocycles. The van der Waals surface area contributed by atoms with Crippen LogP contribution in [0.15, 0.2) is 44.7 Å². The summed E-state index contributed by atoms with van der Waals surface area (Å²) >= 11 is 3.09. The van der Waals surface area contributed by atoms with Crippen LogP contribution in [-0.4, -0.2) is 38.1 Å². The number of benzene rings is 1. The van der Waals surface area contributed by atoms with E-state index < -0.39 is 0 Å². The highest BCUT2D eigenvalue weighted by Crippen LogP contribution is 2.37. The Morgan fingerprint density at radius 3 is 2.92 bits per heavy atom. The van der Waals surface area contributed by atoms with Gasteiger partial charge in [0.2, 0.25) is 0 Å². The summed E-state index contributed by atoms with van der Waals surface area (Å²) in [5, 5.41) is 10.6. The van der Waals surface area contributed by atoms with E-state index in [1.165, 1.54) is 12.8 Å². The van der Waals surface area contributed by atoms with Gasteiger partial charge in [0.25, 0.3) is 0 Å². The number of aromatic nitrogens is 4. The standard InChI is InChI=1S/C16H14N6S2/c1-23-15-20-13(18-9-6-7-9)10-8-17-22-12-5-3-2-4-11(12)19-16(22)24-14(10)21-15/h2-5,8-9H,6-7H2,1H3,(H,18,20,21). The van der Waals surface area contributed by atoms with E-state index in [4.69, 9.17) is 4.98 Å². The summed E-state index contributed by atoms with van der Waals surface area (Å²) in [5.74, 6) is 0.873. The van der Waals surface area contributed by atoms with Crippen LogP contribution in [-0.2, 0) is 0 Å². The largest absolute Gasteiger partial charge is 0.367 e. The van der Waals surface area contributed by atoms with E-state index in [9.17, 15) is 0 Å². The zero-order chi connectivity index (χ0) is 16.1. The van der Waals surface area contributed by atoms with Crippen molar-refractivity contribution < 1.29 is 0 Å². The van der Waals surface area contributed by atoms with Crippen LogP contribution in [0.25, 0.3) is 11.0 Å². The molecule has 0 bridgehead atoms. The molecule has 1 N–H and O–H groups in total. The molecule has 2 aromatic heterocycles. The average molecular weight is 354 g/mol. The van der Waals surface area contributed by atoms with Crippen molar-refractivity contribution in [2.75, 3.05) is 11.6 Å². The lowest BCUT2D eigenvalue weighted by atomic mass is 10.3. The molecule has 1 aliphatic carbocycles. The molecule has 5 rings (SSSR count). The van der Waals surface area contributed by atoms with Gasteiger partial charge in [0, 0.05) is 6.04 Å². The van der Waals surface area contributed by atoms with Gasteiger partial charge in [-0.1, -0.05) is 23.9 Å². The number of fused-ring (bicyclic) bond motifs is 4. The number of imidazole rings is 1. The van der Waals surface area contributed by atoms with Gasteiger partial charge in [0.15, 0.2) is 10.3 Å². The number of nitrogens with zero attached hydrogens (tertiary/aromatic N) is 5. The summed E-state index contributed by atoms with van der Waals surface area (Å²) in [4.78, 5) is 14.0. The van der Waals surface area contributed by atoms with E-state index >= 15 is 0 Å². The van der Waals surface area contributed by atoms with Crippen LogP contribution in [0.5, 0.6) is 0 Å². The lowest BCUT2D eigenvalue weighted by Gasteiger charge is -2.10. The van der Waals surface area contributed by atoms with Gasteiger partial charge in [-0.3, -0.25) is 0 Å². The molecule has 1 fully saturated rings. The first-order valence-electron chi connectivity index (χ1n) is 7.74. The second-order valence-corrected chi connectivity index (χ2v) is 7.47. The highest BCUT2D eigenvalue weighted by molar-refractivity contribution is 7.99. The highest BCUT2D eigenvalue weighted by Gasteiger charge is 2.26. The molecule has 0 saturated heterocycles. The maximum absolute atomic E-state index is 4.70. The minimum Gasteiger partial charge on any atom is -0.367 e. The van der Waals surface area contributed by atoms with Crippen molar-refractivity contribution in [1.29, 1.82) is 0 Å². The molecular weight excluding hydrogens is 340 g/mol. The van der Waals surface area contributed by atoms with Crippen LogP contribution in [0.4, 0.5) is 5.82 Å². The van der Waals surface area contributed by atoms with E-state index in [0.717, 1.165) is 37.8 Å². The predicted octanol–water partition coefficient (Wildman–Crippen LogP) is 3.47. The van der Waals surface area contributed by atoms with Crippen LogP contribution < -0.4 is 5.32 Å². The lowest BCUT2D eigenvalue weighted by Crippen LogP contribution is -2.09. The monoisotopic (exact) mass is 354 g/mol. The quantitative estimate of drug-likeness (QED) is 0.345. The van der Waals surface area contributed by atoms with Crippen molar-refractivity contribution in [3.05, 3.63) is 29.8 Å². The Hall–Kier alpha value is -2.06. The van der Waals surface area contributed by atoms with Gasteiger partial charge in [-0.25, -0.2) is 19.6 Å².